The molecular formula is C52H65N3O8. The van der Waals surface area contributed by atoms with E-state index >= 15 is 0 Å². The number of rotatable bonds is 23. The molecular weight excluding hydrogens is 795 g/mol. The second kappa shape index (κ2) is 23.1. The molecule has 3 amide bonds. The van der Waals surface area contributed by atoms with Crippen LogP contribution in [0.25, 0.3) is 0 Å². The van der Waals surface area contributed by atoms with Crippen LogP contribution in [-0.2, 0) is 49.7 Å². The summed E-state index contributed by atoms with van der Waals surface area (Å²) in [4.78, 5) is 45.4. The largest absolute Gasteiger partial charge is 0.445 e. The predicted molar refractivity (Wildman–Crippen MR) is 247 cm³/mol. The molecule has 1 aliphatic rings. The summed E-state index contributed by atoms with van der Waals surface area (Å²) in [6, 6.07) is 31.4. The number of ether oxygens (including phenoxy) is 4. The third-order valence-electron chi connectivity index (χ3n) is 11.3. The molecule has 336 valence electrons. The van der Waals surface area contributed by atoms with Crippen molar-refractivity contribution in [1.82, 2.24) is 10.2 Å². The first-order chi connectivity index (χ1) is 30.3. The summed E-state index contributed by atoms with van der Waals surface area (Å²) >= 11 is 0. The monoisotopic (exact) mass is 859 g/mol. The van der Waals surface area contributed by atoms with E-state index in [1.54, 1.807) is 42.4 Å². The zero-order valence-corrected chi connectivity index (χ0v) is 37.6. The van der Waals surface area contributed by atoms with E-state index in [2.05, 4.69) is 51.4 Å². The maximum atomic E-state index is 14.5. The highest BCUT2D eigenvalue weighted by atomic mass is 16.6. The Balaban J connectivity index is 1.46. The van der Waals surface area contributed by atoms with Crippen LogP contribution in [0.3, 0.4) is 0 Å². The molecule has 3 atom stereocenters. The van der Waals surface area contributed by atoms with Gasteiger partial charge in [0.15, 0.2) is 0 Å². The molecule has 0 aromatic heterocycles. The highest BCUT2D eigenvalue weighted by Gasteiger charge is 2.53. The van der Waals surface area contributed by atoms with Gasteiger partial charge in [0.05, 0.1) is 37.4 Å². The Labute approximate surface area is 373 Å². The number of aliphatic hydroxyl groups excluding tert-OH is 1. The van der Waals surface area contributed by atoms with E-state index in [9.17, 15) is 19.5 Å². The number of nitrogens with zero attached hydrogens (tertiary/aromatic N) is 2. The molecule has 0 radical (unpaired) electrons. The second-order valence-electron chi connectivity index (χ2n) is 17.4. The summed E-state index contributed by atoms with van der Waals surface area (Å²) < 4.78 is 22.8. The SMILES string of the molecule is C=CCOCCC(C)CC(NC(=O)c1cc(COC)cc(N(CC=C)C(=O)OCc2ccccc2)c1)[C@H](O)CN(C(=O)OCc1ccccc1)C1(c2cccc(C(C)(C)C)c2)CC1. The average Bonchev–Trinajstić information content (AvgIpc) is 4.09. The number of carbonyl (C=O) groups is 3. The van der Waals surface area contributed by atoms with Gasteiger partial charge in [0.25, 0.3) is 5.91 Å². The van der Waals surface area contributed by atoms with Gasteiger partial charge in [-0.25, -0.2) is 9.59 Å². The fourth-order valence-electron chi connectivity index (χ4n) is 7.63. The number of methoxy groups -OCH3 is 1. The van der Waals surface area contributed by atoms with Crippen LogP contribution in [0.4, 0.5) is 15.3 Å². The minimum absolute atomic E-state index is 0.00412. The molecule has 1 aliphatic carbocycles. The van der Waals surface area contributed by atoms with Crippen molar-refractivity contribution in [3.05, 3.63) is 162 Å². The van der Waals surface area contributed by atoms with E-state index in [1.807, 2.05) is 79.7 Å². The van der Waals surface area contributed by atoms with Gasteiger partial charge in [-0.15, -0.1) is 13.2 Å². The highest BCUT2D eigenvalue weighted by molar-refractivity contribution is 5.97. The zero-order chi connectivity index (χ0) is 45.4. The average molecular weight is 860 g/mol. The molecule has 5 rings (SSSR count). The number of hydrogen-bond donors (Lipinski definition) is 2. The molecule has 1 saturated carbocycles. The maximum absolute atomic E-state index is 14.5. The van der Waals surface area contributed by atoms with Gasteiger partial charge < -0.3 is 29.4 Å². The molecule has 0 saturated heterocycles. The van der Waals surface area contributed by atoms with Gasteiger partial charge in [-0.05, 0) is 83.0 Å². The Morgan fingerprint density at radius 1 is 0.825 bits per heavy atom. The van der Waals surface area contributed by atoms with Gasteiger partial charge in [0.2, 0.25) is 0 Å². The normalized spacial score (nSPS) is 14.4. The molecule has 2 N–H and O–H groups in total. The third-order valence-corrected chi connectivity index (χ3v) is 11.3. The van der Waals surface area contributed by atoms with E-state index in [4.69, 9.17) is 18.9 Å². The summed E-state index contributed by atoms with van der Waals surface area (Å²) in [5.74, 6) is -0.466. The van der Waals surface area contributed by atoms with Crippen molar-refractivity contribution in [2.75, 3.05) is 38.3 Å². The van der Waals surface area contributed by atoms with Crippen LogP contribution in [-0.4, -0.2) is 73.7 Å². The Morgan fingerprint density at radius 2 is 1.48 bits per heavy atom. The first-order valence-corrected chi connectivity index (χ1v) is 21.8. The van der Waals surface area contributed by atoms with Crippen molar-refractivity contribution in [3.63, 3.8) is 0 Å². The number of nitrogens with one attached hydrogen (secondary N) is 1. The molecule has 0 aliphatic heterocycles. The Hall–Kier alpha value is -5.75. The number of amides is 3. The zero-order valence-electron chi connectivity index (χ0n) is 37.6. The lowest BCUT2D eigenvalue weighted by molar-refractivity contribution is 0.0279. The molecule has 2 unspecified atom stereocenters. The highest BCUT2D eigenvalue weighted by Crippen LogP contribution is 2.52. The summed E-state index contributed by atoms with van der Waals surface area (Å²) in [7, 11) is 1.55. The van der Waals surface area contributed by atoms with Gasteiger partial charge in [-0.1, -0.05) is 125 Å². The van der Waals surface area contributed by atoms with E-state index < -0.39 is 35.8 Å². The third kappa shape index (κ3) is 13.9. The van der Waals surface area contributed by atoms with Crippen LogP contribution in [0.1, 0.15) is 91.6 Å². The van der Waals surface area contributed by atoms with Crippen molar-refractivity contribution in [3.8, 4) is 0 Å². The van der Waals surface area contributed by atoms with Crippen molar-refractivity contribution < 1.29 is 38.4 Å². The molecule has 4 aromatic carbocycles. The topological polar surface area (TPSA) is 127 Å². The summed E-state index contributed by atoms with van der Waals surface area (Å²) in [6.45, 7) is 17.3. The molecule has 63 heavy (non-hydrogen) atoms. The van der Waals surface area contributed by atoms with E-state index in [1.165, 1.54) is 4.90 Å². The van der Waals surface area contributed by atoms with E-state index in [0.29, 0.717) is 50.1 Å². The minimum Gasteiger partial charge on any atom is -0.445 e. The first-order valence-electron chi connectivity index (χ1n) is 21.8. The molecule has 0 bridgehead atoms. The lowest BCUT2D eigenvalue weighted by Gasteiger charge is -2.36. The Bertz CT molecular complexity index is 2110. The van der Waals surface area contributed by atoms with E-state index in [0.717, 1.165) is 22.3 Å². The molecule has 11 heteroatoms. The van der Waals surface area contributed by atoms with Crippen molar-refractivity contribution in [1.29, 1.82) is 0 Å². The first kappa shape index (κ1) is 48.3. The standard InChI is InChI=1S/C52H65N3O8/c1-8-26-54(49(58)62-36-39-17-12-10-13-18-39)45-31-41(35-60-7)30-42(32-45)48(57)53-46(29-38(3)23-28-61-27-9-2)47(56)34-55(50(59)63-37-40-19-14-11-15-20-40)52(24-25-52)44-22-16-21-43(33-44)51(4,5)6/h8-22,30-33,38,46-47,56H,1-2,23-29,34-37H2,3-7H3,(H,53,57)/t38?,46?,47-/m1/s1. The van der Waals surface area contributed by atoms with Crippen LogP contribution in [0, 0.1) is 5.92 Å². The van der Waals surface area contributed by atoms with Crippen LogP contribution in [0.15, 0.2) is 128 Å². The molecule has 0 spiro atoms. The minimum atomic E-state index is -1.20. The number of carbonyl (C=O) groups excluding carboxylic acids is 3. The Kier molecular flexibility index (Phi) is 17.7. The smallest absolute Gasteiger partial charge is 0.414 e. The van der Waals surface area contributed by atoms with Gasteiger partial charge in [-0.2, -0.15) is 0 Å². The van der Waals surface area contributed by atoms with E-state index in [-0.39, 0.29) is 49.8 Å². The lowest BCUT2D eigenvalue weighted by atomic mass is 9.85. The molecule has 1 fully saturated rings. The number of hydrogen-bond acceptors (Lipinski definition) is 8. The fraction of sp³-hybridized carbons (Fsp3) is 0.404. The van der Waals surface area contributed by atoms with Crippen molar-refractivity contribution >= 4 is 23.8 Å². The maximum Gasteiger partial charge on any atom is 0.414 e. The van der Waals surface area contributed by atoms with Crippen LogP contribution in [0.5, 0.6) is 0 Å². The molecule has 4 aromatic rings. The van der Waals surface area contributed by atoms with Crippen LogP contribution >= 0.6 is 0 Å². The second-order valence-corrected chi connectivity index (χ2v) is 17.4. The number of benzene rings is 4. The molecule has 11 nitrogen and oxygen atoms in total. The predicted octanol–water partition coefficient (Wildman–Crippen LogP) is 9.87. The van der Waals surface area contributed by atoms with Gasteiger partial charge in [0, 0.05) is 31.5 Å². The number of aliphatic hydroxyl groups is 1. The van der Waals surface area contributed by atoms with Crippen LogP contribution < -0.4 is 10.2 Å². The van der Waals surface area contributed by atoms with Gasteiger partial charge in [0.1, 0.15) is 13.2 Å². The molecule has 0 heterocycles. The van der Waals surface area contributed by atoms with Gasteiger partial charge in [-0.3, -0.25) is 14.6 Å². The summed E-state index contributed by atoms with van der Waals surface area (Å²) in [5.41, 5.74) is 4.26. The van der Waals surface area contributed by atoms with Crippen LogP contribution in [0.2, 0.25) is 0 Å². The quantitative estimate of drug-likeness (QED) is 0.0558. The fourth-order valence-corrected chi connectivity index (χ4v) is 7.63. The van der Waals surface area contributed by atoms with Gasteiger partial charge >= 0.3 is 12.2 Å². The Morgan fingerprint density at radius 3 is 2.06 bits per heavy atom. The van der Waals surface area contributed by atoms with Crippen molar-refractivity contribution in [2.45, 2.75) is 96.3 Å². The lowest BCUT2D eigenvalue weighted by Crippen LogP contribution is -2.52. The number of anilines is 1. The summed E-state index contributed by atoms with van der Waals surface area (Å²) in [6.07, 6.45) is 3.33. The van der Waals surface area contributed by atoms with Crippen molar-refractivity contribution in [2.24, 2.45) is 5.92 Å². The summed E-state index contributed by atoms with van der Waals surface area (Å²) in [5, 5.41) is 15.5.